The fraction of sp³-hybridized carbons (Fsp3) is 0.333. The number of alkyl halides is 2. The second kappa shape index (κ2) is 2.75. The third-order valence-electron chi connectivity index (χ3n) is 2.22. The molecule has 1 atom stereocenters. The molecule has 1 aromatic carbocycles. The summed E-state index contributed by atoms with van der Waals surface area (Å²) in [5.41, 5.74) is 0.280. The molecule has 0 aliphatic heterocycles. The van der Waals surface area contributed by atoms with Crippen molar-refractivity contribution in [1.82, 2.24) is 0 Å². The van der Waals surface area contributed by atoms with E-state index < -0.39 is 18.4 Å². The van der Waals surface area contributed by atoms with Crippen molar-refractivity contribution in [3.63, 3.8) is 0 Å². The van der Waals surface area contributed by atoms with E-state index >= 15 is 0 Å². The molecule has 1 unspecified atom stereocenters. The molecular formula is C9H7BrF2O. The number of aliphatic hydroxyl groups is 1. The zero-order valence-corrected chi connectivity index (χ0v) is 8.18. The van der Waals surface area contributed by atoms with Gasteiger partial charge in [0, 0.05) is 16.5 Å². The van der Waals surface area contributed by atoms with E-state index in [4.69, 9.17) is 0 Å². The van der Waals surface area contributed by atoms with Crippen LogP contribution in [0.2, 0.25) is 0 Å². The molecule has 1 nitrogen and oxygen atoms in total. The zero-order valence-electron chi connectivity index (χ0n) is 6.60. The predicted octanol–water partition coefficient (Wildman–Crippen LogP) is 2.98. The van der Waals surface area contributed by atoms with Gasteiger partial charge in [0.25, 0.3) is 5.92 Å². The predicted molar refractivity (Wildman–Crippen MR) is 47.6 cm³/mol. The molecule has 0 bridgehead atoms. The Kier molecular flexibility index (Phi) is 1.92. The molecule has 0 radical (unpaired) electrons. The Bertz CT molecular complexity index is 351. The molecule has 1 aliphatic rings. The Hall–Kier alpha value is -0.480. The first-order valence-electron chi connectivity index (χ1n) is 3.86. The third-order valence-corrected chi connectivity index (χ3v) is 2.71. The van der Waals surface area contributed by atoms with Crippen LogP contribution in [0.4, 0.5) is 8.78 Å². The van der Waals surface area contributed by atoms with Crippen molar-refractivity contribution in [2.24, 2.45) is 0 Å². The number of hydrogen-bond acceptors (Lipinski definition) is 1. The topological polar surface area (TPSA) is 20.2 Å². The molecule has 1 N–H and O–H groups in total. The highest BCUT2D eigenvalue weighted by Crippen LogP contribution is 2.47. The van der Waals surface area contributed by atoms with E-state index in [2.05, 4.69) is 15.9 Å². The van der Waals surface area contributed by atoms with Crippen molar-refractivity contribution < 1.29 is 13.9 Å². The summed E-state index contributed by atoms with van der Waals surface area (Å²) in [6.07, 6.45) is -1.54. The van der Waals surface area contributed by atoms with Gasteiger partial charge >= 0.3 is 0 Å². The monoisotopic (exact) mass is 248 g/mol. The maximum absolute atomic E-state index is 13.1. The maximum atomic E-state index is 13.1. The maximum Gasteiger partial charge on any atom is 0.276 e. The summed E-state index contributed by atoms with van der Waals surface area (Å²) in [6, 6.07) is 4.46. The molecule has 4 heteroatoms. The lowest BCUT2D eigenvalue weighted by atomic mass is 10.1. The molecule has 2 rings (SSSR count). The quantitative estimate of drug-likeness (QED) is 0.749. The highest BCUT2D eigenvalue weighted by Gasteiger charge is 2.44. The molecule has 1 aromatic rings. The molecule has 0 heterocycles. The Morgan fingerprint density at radius 2 is 2.15 bits per heavy atom. The zero-order chi connectivity index (χ0) is 9.64. The molecule has 0 aromatic heterocycles. The lowest BCUT2D eigenvalue weighted by Gasteiger charge is -2.08. The van der Waals surface area contributed by atoms with Gasteiger partial charge in [0.05, 0.1) is 6.10 Å². The van der Waals surface area contributed by atoms with Crippen LogP contribution in [0, 0.1) is 0 Å². The van der Waals surface area contributed by atoms with Gasteiger partial charge in [-0.05, 0) is 17.7 Å². The van der Waals surface area contributed by atoms with Crippen LogP contribution in [-0.2, 0) is 5.92 Å². The van der Waals surface area contributed by atoms with E-state index in [1.165, 1.54) is 6.07 Å². The van der Waals surface area contributed by atoms with Crippen LogP contribution in [-0.4, -0.2) is 5.11 Å². The number of hydrogen-bond donors (Lipinski definition) is 1. The minimum Gasteiger partial charge on any atom is -0.388 e. The average Bonchev–Trinajstić information content (AvgIpc) is 2.22. The van der Waals surface area contributed by atoms with Crippen molar-refractivity contribution in [3.05, 3.63) is 33.8 Å². The largest absolute Gasteiger partial charge is 0.388 e. The van der Waals surface area contributed by atoms with Gasteiger partial charge < -0.3 is 5.11 Å². The van der Waals surface area contributed by atoms with Crippen LogP contribution in [0.5, 0.6) is 0 Å². The second-order valence-electron chi connectivity index (χ2n) is 3.16. The number of benzene rings is 1. The Morgan fingerprint density at radius 1 is 1.46 bits per heavy atom. The Labute approximate surface area is 82.5 Å². The molecule has 0 spiro atoms. The summed E-state index contributed by atoms with van der Waals surface area (Å²) < 4.78 is 27.0. The van der Waals surface area contributed by atoms with Gasteiger partial charge in [0.2, 0.25) is 0 Å². The molecule has 70 valence electrons. The van der Waals surface area contributed by atoms with Crippen molar-refractivity contribution in [1.29, 1.82) is 0 Å². The van der Waals surface area contributed by atoms with Gasteiger partial charge in [0.1, 0.15) is 0 Å². The Balaban J connectivity index is 2.59. The number of fused-ring (bicyclic) bond motifs is 1. The lowest BCUT2D eigenvalue weighted by molar-refractivity contribution is -0.0294. The van der Waals surface area contributed by atoms with Gasteiger partial charge in [-0.1, -0.05) is 22.0 Å². The lowest BCUT2D eigenvalue weighted by Crippen LogP contribution is -2.07. The van der Waals surface area contributed by atoms with Crippen LogP contribution >= 0.6 is 15.9 Å². The summed E-state index contributed by atoms with van der Waals surface area (Å²) in [5.74, 6) is -2.88. The van der Waals surface area contributed by atoms with Gasteiger partial charge in [-0.15, -0.1) is 0 Å². The van der Waals surface area contributed by atoms with E-state index in [9.17, 15) is 13.9 Å². The summed E-state index contributed by atoms with van der Waals surface area (Å²) in [6.45, 7) is 0. The summed E-state index contributed by atoms with van der Waals surface area (Å²) >= 11 is 3.17. The summed E-state index contributed by atoms with van der Waals surface area (Å²) in [5, 5.41) is 9.34. The highest BCUT2D eigenvalue weighted by molar-refractivity contribution is 9.10. The smallest absolute Gasteiger partial charge is 0.276 e. The van der Waals surface area contributed by atoms with Crippen LogP contribution in [0.3, 0.4) is 0 Å². The Morgan fingerprint density at radius 3 is 2.85 bits per heavy atom. The molecule has 0 saturated carbocycles. The van der Waals surface area contributed by atoms with E-state index in [1.807, 2.05) is 0 Å². The van der Waals surface area contributed by atoms with Crippen LogP contribution in [0.25, 0.3) is 0 Å². The molecular weight excluding hydrogens is 242 g/mol. The van der Waals surface area contributed by atoms with Gasteiger partial charge in [-0.3, -0.25) is 0 Å². The first kappa shape index (κ1) is 9.09. The van der Waals surface area contributed by atoms with E-state index in [1.54, 1.807) is 12.1 Å². The first-order chi connectivity index (χ1) is 6.00. The molecule has 0 amide bonds. The van der Waals surface area contributed by atoms with Crippen LogP contribution in [0.1, 0.15) is 23.7 Å². The highest BCUT2D eigenvalue weighted by atomic mass is 79.9. The summed E-state index contributed by atoms with van der Waals surface area (Å²) in [4.78, 5) is 0. The number of rotatable bonds is 0. The normalized spacial score (nSPS) is 24.5. The van der Waals surface area contributed by atoms with Crippen molar-refractivity contribution in [3.8, 4) is 0 Å². The fourth-order valence-corrected chi connectivity index (χ4v) is 1.98. The third kappa shape index (κ3) is 1.38. The van der Waals surface area contributed by atoms with Crippen molar-refractivity contribution in [2.75, 3.05) is 0 Å². The second-order valence-corrected chi connectivity index (χ2v) is 4.07. The van der Waals surface area contributed by atoms with Gasteiger partial charge in [-0.2, -0.15) is 0 Å². The van der Waals surface area contributed by atoms with E-state index in [-0.39, 0.29) is 5.56 Å². The van der Waals surface area contributed by atoms with Crippen LogP contribution < -0.4 is 0 Å². The van der Waals surface area contributed by atoms with E-state index in [0.717, 1.165) is 0 Å². The molecule has 0 saturated heterocycles. The molecule has 0 fully saturated rings. The number of aliphatic hydroxyl groups excluding tert-OH is 1. The average molecular weight is 249 g/mol. The fourth-order valence-electron chi connectivity index (χ4n) is 1.61. The van der Waals surface area contributed by atoms with E-state index in [0.29, 0.717) is 10.0 Å². The standard InChI is InChI=1S/C9H7BrF2O/c10-5-1-2-7-6(3-5)8(13)4-9(7,11)12/h1-3,8,13H,4H2. The number of halogens is 3. The van der Waals surface area contributed by atoms with Gasteiger partial charge in [-0.25, -0.2) is 8.78 Å². The molecule has 1 aliphatic carbocycles. The first-order valence-corrected chi connectivity index (χ1v) is 4.66. The SMILES string of the molecule is OC1CC(F)(F)c2ccc(Br)cc21. The van der Waals surface area contributed by atoms with Crippen molar-refractivity contribution in [2.45, 2.75) is 18.4 Å². The minimum absolute atomic E-state index is 0.0526. The van der Waals surface area contributed by atoms with Gasteiger partial charge in [0.15, 0.2) is 0 Å². The summed E-state index contributed by atoms with van der Waals surface area (Å²) in [7, 11) is 0. The minimum atomic E-state index is -2.88. The molecule has 13 heavy (non-hydrogen) atoms. The van der Waals surface area contributed by atoms with Crippen molar-refractivity contribution >= 4 is 15.9 Å². The van der Waals surface area contributed by atoms with Crippen LogP contribution in [0.15, 0.2) is 22.7 Å².